The lowest BCUT2D eigenvalue weighted by Gasteiger charge is -2.06. The summed E-state index contributed by atoms with van der Waals surface area (Å²) in [4.78, 5) is 20.4. The summed E-state index contributed by atoms with van der Waals surface area (Å²) in [6.45, 7) is 0. The molecule has 0 radical (unpaired) electrons. The molecule has 5 heterocycles. The fourth-order valence-corrected chi connectivity index (χ4v) is 3.96. The minimum Gasteiger partial charge on any atom is -0.497 e. The molecular formula is C24H16FN7O. The summed E-state index contributed by atoms with van der Waals surface area (Å²) < 4.78 is 19.4. The van der Waals surface area contributed by atoms with Crippen molar-refractivity contribution in [2.24, 2.45) is 0 Å². The molecule has 5 aromatic heterocycles. The van der Waals surface area contributed by atoms with E-state index in [0.29, 0.717) is 11.3 Å². The molecule has 0 unspecified atom stereocenters. The van der Waals surface area contributed by atoms with Crippen LogP contribution in [0.5, 0.6) is 5.75 Å². The van der Waals surface area contributed by atoms with Crippen molar-refractivity contribution in [3.63, 3.8) is 0 Å². The number of benzene rings is 1. The summed E-state index contributed by atoms with van der Waals surface area (Å²) in [5.74, 6) is 0.0707. The lowest BCUT2D eigenvalue weighted by Crippen LogP contribution is -1.88. The molecule has 0 saturated carbocycles. The van der Waals surface area contributed by atoms with E-state index in [-0.39, 0.29) is 5.82 Å². The van der Waals surface area contributed by atoms with Gasteiger partial charge >= 0.3 is 0 Å². The summed E-state index contributed by atoms with van der Waals surface area (Å²) in [5.41, 5.74) is 6.19. The molecule has 0 aliphatic rings. The first kappa shape index (κ1) is 19.1. The van der Waals surface area contributed by atoms with Gasteiger partial charge in [0.25, 0.3) is 0 Å². The first-order valence-electron chi connectivity index (χ1n) is 10.1. The zero-order valence-electron chi connectivity index (χ0n) is 17.4. The first-order chi connectivity index (χ1) is 16.2. The Bertz CT molecular complexity index is 1620. The predicted octanol–water partition coefficient (Wildman–Crippen LogP) is 4.77. The van der Waals surface area contributed by atoms with Crippen LogP contribution in [0.4, 0.5) is 4.39 Å². The fourth-order valence-electron chi connectivity index (χ4n) is 3.96. The van der Waals surface area contributed by atoms with E-state index in [1.54, 1.807) is 37.1 Å². The average molecular weight is 437 g/mol. The van der Waals surface area contributed by atoms with Crippen molar-refractivity contribution >= 4 is 21.8 Å². The highest BCUT2D eigenvalue weighted by atomic mass is 19.1. The second-order valence-corrected chi connectivity index (χ2v) is 7.53. The molecule has 2 N–H and O–H groups in total. The topological polar surface area (TPSA) is 105 Å². The SMILES string of the molecule is COc1cc(F)cc(-c2cncc3[nH]c(-c4n[nH]c5cnc(-c6cncnc6)cc45)cc23)c1. The van der Waals surface area contributed by atoms with Gasteiger partial charge in [-0.1, -0.05) is 0 Å². The molecule has 0 fully saturated rings. The number of methoxy groups -OCH3 is 1. The number of H-pyrrole nitrogens is 2. The maximum Gasteiger partial charge on any atom is 0.127 e. The molecule has 33 heavy (non-hydrogen) atoms. The second kappa shape index (κ2) is 7.49. The van der Waals surface area contributed by atoms with Crippen molar-refractivity contribution in [2.45, 2.75) is 0 Å². The number of pyridine rings is 2. The smallest absolute Gasteiger partial charge is 0.127 e. The zero-order valence-corrected chi connectivity index (χ0v) is 17.4. The summed E-state index contributed by atoms with van der Waals surface area (Å²) in [6.07, 6.45) is 10.1. The number of aromatic amines is 2. The molecule has 0 atom stereocenters. The van der Waals surface area contributed by atoms with E-state index in [0.717, 1.165) is 50.0 Å². The van der Waals surface area contributed by atoms with Crippen molar-refractivity contribution in [3.05, 3.63) is 73.5 Å². The molecule has 0 spiro atoms. The maximum absolute atomic E-state index is 14.1. The lowest BCUT2D eigenvalue weighted by atomic mass is 10.0. The summed E-state index contributed by atoms with van der Waals surface area (Å²) >= 11 is 0. The predicted molar refractivity (Wildman–Crippen MR) is 122 cm³/mol. The van der Waals surface area contributed by atoms with Crippen LogP contribution in [0.1, 0.15) is 0 Å². The minimum absolute atomic E-state index is 0.375. The highest BCUT2D eigenvalue weighted by Gasteiger charge is 2.16. The van der Waals surface area contributed by atoms with Gasteiger partial charge in [-0.2, -0.15) is 5.10 Å². The van der Waals surface area contributed by atoms with E-state index in [1.165, 1.54) is 25.6 Å². The molecule has 0 saturated heterocycles. The van der Waals surface area contributed by atoms with Gasteiger partial charge in [-0.15, -0.1) is 0 Å². The number of ether oxygens (including phenoxy) is 1. The molecule has 160 valence electrons. The number of fused-ring (bicyclic) bond motifs is 2. The molecule has 6 rings (SSSR count). The Kier molecular flexibility index (Phi) is 4.32. The van der Waals surface area contributed by atoms with Gasteiger partial charge in [-0.3, -0.25) is 15.1 Å². The highest BCUT2D eigenvalue weighted by Crippen LogP contribution is 2.35. The summed E-state index contributed by atoms with van der Waals surface area (Å²) in [6, 6.07) is 8.55. The molecule has 0 aliphatic heterocycles. The van der Waals surface area contributed by atoms with Crippen LogP contribution in [-0.2, 0) is 0 Å². The number of hydrogen-bond acceptors (Lipinski definition) is 6. The highest BCUT2D eigenvalue weighted by molar-refractivity contribution is 6.01. The number of halogens is 1. The number of aromatic nitrogens is 7. The van der Waals surface area contributed by atoms with Gasteiger partial charge in [-0.05, 0) is 29.8 Å². The van der Waals surface area contributed by atoms with E-state index in [2.05, 4.69) is 35.1 Å². The van der Waals surface area contributed by atoms with Crippen LogP contribution in [0.15, 0.2) is 67.6 Å². The Balaban J connectivity index is 1.50. The van der Waals surface area contributed by atoms with Gasteiger partial charge < -0.3 is 9.72 Å². The lowest BCUT2D eigenvalue weighted by molar-refractivity contribution is 0.411. The van der Waals surface area contributed by atoms with Gasteiger partial charge in [0, 0.05) is 46.6 Å². The monoisotopic (exact) mass is 437 g/mol. The Morgan fingerprint density at radius 1 is 0.818 bits per heavy atom. The van der Waals surface area contributed by atoms with Gasteiger partial charge in [0.1, 0.15) is 23.6 Å². The summed E-state index contributed by atoms with van der Waals surface area (Å²) in [7, 11) is 1.51. The second-order valence-electron chi connectivity index (χ2n) is 7.53. The van der Waals surface area contributed by atoms with Crippen molar-refractivity contribution in [2.75, 3.05) is 7.11 Å². The van der Waals surface area contributed by atoms with Crippen LogP contribution in [0, 0.1) is 5.82 Å². The van der Waals surface area contributed by atoms with Gasteiger partial charge in [0.05, 0.1) is 41.9 Å². The molecule has 0 bridgehead atoms. The first-order valence-corrected chi connectivity index (χ1v) is 10.1. The van der Waals surface area contributed by atoms with Crippen molar-refractivity contribution < 1.29 is 9.13 Å². The number of rotatable bonds is 4. The Hall–Kier alpha value is -4.66. The zero-order chi connectivity index (χ0) is 22.4. The number of nitrogens with one attached hydrogen (secondary N) is 2. The van der Waals surface area contributed by atoms with Crippen LogP contribution in [-0.4, -0.2) is 42.2 Å². The van der Waals surface area contributed by atoms with Crippen molar-refractivity contribution in [1.29, 1.82) is 0 Å². The number of nitrogens with zero attached hydrogens (tertiary/aromatic N) is 5. The Morgan fingerprint density at radius 2 is 1.70 bits per heavy atom. The maximum atomic E-state index is 14.1. The van der Waals surface area contributed by atoms with Crippen LogP contribution >= 0.6 is 0 Å². The molecule has 9 heteroatoms. The molecule has 0 aliphatic carbocycles. The fraction of sp³-hybridized carbons (Fsp3) is 0.0417. The molecule has 1 aromatic carbocycles. The van der Waals surface area contributed by atoms with E-state index >= 15 is 0 Å². The number of hydrogen-bond donors (Lipinski definition) is 2. The normalized spacial score (nSPS) is 11.3. The van der Waals surface area contributed by atoms with E-state index < -0.39 is 0 Å². The molecule has 0 amide bonds. The van der Waals surface area contributed by atoms with Gasteiger partial charge in [-0.25, -0.2) is 14.4 Å². The van der Waals surface area contributed by atoms with Crippen LogP contribution in [0.2, 0.25) is 0 Å². The third kappa shape index (κ3) is 3.26. The Morgan fingerprint density at radius 3 is 2.55 bits per heavy atom. The van der Waals surface area contributed by atoms with Crippen molar-refractivity contribution in [3.8, 4) is 39.5 Å². The largest absolute Gasteiger partial charge is 0.497 e. The van der Waals surface area contributed by atoms with E-state index in [9.17, 15) is 4.39 Å². The molecule has 8 nitrogen and oxygen atoms in total. The van der Waals surface area contributed by atoms with Crippen molar-refractivity contribution in [1.82, 2.24) is 35.1 Å². The van der Waals surface area contributed by atoms with E-state index in [1.807, 2.05) is 12.1 Å². The van der Waals surface area contributed by atoms with Crippen LogP contribution in [0.25, 0.3) is 55.6 Å². The molecule has 6 aromatic rings. The average Bonchev–Trinajstić information content (AvgIpc) is 3.47. The molecular weight excluding hydrogens is 421 g/mol. The van der Waals surface area contributed by atoms with Crippen LogP contribution < -0.4 is 4.74 Å². The third-order valence-electron chi connectivity index (χ3n) is 5.52. The van der Waals surface area contributed by atoms with Crippen LogP contribution in [0.3, 0.4) is 0 Å². The summed E-state index contributed by atoms with van der Waals surface area (Å²) in [5, 5.41) is 9.34. The van der Waals surface area contributed by atoms with Gasteiger partial charge in [0.15, 0.2) is 0 Å². The Labute approximate surface area is 186 Å². The quantitative estimate of drug-likeness (QED) is 0.411. The standard InChI is InChI=1S/C24H16FN7O/c1-33-16-3-13(2-15(25)4-16)19-9-26-10-22-17(19)5-21(30-22)24-18-6-20(14-7-27-12-28-8-14)29-11-23(18)31-32-24/h2-12,30H,1H3,(H,31,32). The minimum atomic E-state index is -0.375. The third-order valence-corrected chi connectivity index (χ3v) is 5.52. The van der Waals surface area contributed by atoms with Gasteiger partial charge in [0.2, 0.25) is 0 Å². The van der Waals surface area contributed by atoms with E-state index in [4.69, 9.17) is 4.74 Å².